The van der Waals surface area contributed by atoms with Crippen molar-refractivity contribution in [3.8, 4) is 0 Å². The summed E-state index contributed by atoms with van der Waals surface area (Å²) in [7, 11) is -2.94. The number of aliphatic carboxylic acids is 1. The highest BCUT2D eigenvalue weighted by molar-refractivity contribution is 7.91. The lowest BCUT2D eigenvalue weighted by molar-refractivity contribution is -0.143. The van der Waals surface area contributed by atoms with Gasteiger partial charge < -0.3 is 10.4 Å². The van der Waals surface area contributed by atoms with E-state index >= 15 is 0 Å². The van der Waals surface area contributed by atoms with Crippen molar-refractivity contribution < 1.29 is 23.1 Å². The van der Waals surface area contributed by atoms with Crippen LogP contribution in [0.2, 0.25) is 0 Å². The van der Waals surface area contributed by atoms with Crippen molar-refractivity contribution >= 4 is 21.7 Å². The van der Waals surface area contributed by atoms with Crippen molar-refractivity contribution in [1.29, 1.82) is 0 Å². The Hall–Kier alpha value is -1.11. The first-order valence-corrected chi connectivity index (χ1v) is 9.26. The second kappa shape index (κ2) is 5.59. The number of hydrogen-bond donors (Lipinski definition) is 2. The van der Waals surface area contributed by atoms with E-state index in [1.807, 2.05) is 6.92 Å². The SMILES string of the molecule is CCC(C)C(NC(=O)C1CC12CCS(=O)(=O)CC2)C(=O)O. The topological polar surface area (TPSA) is 101 Å². The molecular formula is C14H23NO5S. The molecule has 2 fully saturated rings. The van der Waals surface area contributed by atoms with Gasteiger partial charge in [0.2, 0.25) is 5.91 Å². The van der Waals surface area contributed by atoms with E-state index in [0.717, 1.165) is 0 Å². The molecule has 1 saturated carbocycles. The summed E-state index contributed by atoms with van der Waals surface area (Å²) in [4.78, 5) is 23.5. The van der Waals surface area contributed by atoms with Gasteiger partial charge in [0, 0.05) is 5.92 Å². The lowest BCUT2D eigenvalue weighted by atomic mass is 9.95. The Morgan fingerprint density at radius 1 is 1.33 bits per heavy atom. The third-order valence-corrected chi connectivity index (χ3v) is 6.76. The minimum Gasteiger partial charge on any atom is -0.480 e. The van der Waals surface area contributed by atoms with Crippen LogP contribution in [-0.2, 0) is 19.4 Å². The molecule has 3 unspecified atom stereocenters. The van der Waals surface area contributed by atoms with E-state index in [9.17, 15) is 23.1 Å². The zero-order valence-corrected chi connectivity index (χ0v) is 13.3. The Morgan fingerprint density at radius 3 is 2.38 bits per heavy atom. The third-order valence-electron chi connectivity index (χ3n) is 5.10. The zero-order valence-electron chi connectivity index (χ0n) is 12.5. The van der Waals surface area contributed by atoms with Crippen LogP contribution in [0.5, 0.6) is 0 Å². The summed E-state index contributed by atoms with van der Waals surface area (Å²) in [6, 6.07) is -0.868. The first-order chi connectivity index (χ1) is 9.71. The van der Waals surface area contributed by atoms with E-state index in [1.54, 1.807) is 6.92 Å². The molecule has 1 aliphatic heterocycles. The lowest BCUT2D eigenvalue weighted by Gasteiger charge is -2.24. The van der Waals surface area contributed by atoms with Gasteiger partial charge in [0.1, 0.15) is 15.9 Å². The average molecular weight is 317 g/mol. The number of carbonyl (C=O) groups is 2. The number of nitrogens with one attached hydrogen (secondary N) is 1. The molecule has 0 bridgehead atoms. The Balaban J connectivity index is 1.95. The maximum atomic E-state index is 12.3. The van der Waals surface area contributed by atoms with E-state index in [0.29, 0.717) is 25.7 Å². The molecule has 1 spiro atoms. The van der Waals surface area contributed by atoms with Crippen molar-refractivity contribution in [2.45, 2.75) is 45.6 Å². The van der Waals surface area contributed by atoms with Gasteiger partial charge in [-0.3, -0.25) is 4.79 Å². The Kier molecular flexibility index (Phi) is 4.33. The van der Waals surface area contributed by atoms with Crippen molar-refractivity contribution in [3.63, 3.8) is 0 Å². The fourth-order valence-electron chi connectivity index (χ4n) is 3.15. The summed E-state index contributed by atoms with van der Waals surface area (Å²) < 4.78 is 22.9. The van der Waals surface area contributed by atoms with E-state index in [4.69, 9.17) is 0 Å². The van der Waals surface area contributed by atoms with Gasteiger partial charge in [-0.05, 0) is 30.6 Å². The summed E-state index contributed by atoms with van der Waals surface area (Å²) in [6.45, 7) is 3.69. The predicted molar refractivity (Wildman–Crippen MR) is 77.4 cm³/mol. The van der Waals surface area contributed by atoms with Crippen LogP contribution in [0.3, 0.4) is 0 Å². The minimum absolute atomic E-state index is 0.132. The second-order valence-electron chi connectivity index (χ2n) is 6.48. The van der Waals surface area contributed by atoms with Crippen LogP contribution in [0.25, 0.3) is 0 Å². The third kappa shape index (κ3) is 3.39. The largest absolute Gasteiger partial charge is 0.480 e. The van der Waals surface area contributed by atoms with E-state index in [2.05, 4.69) is 5.32 Å². The van der Waals surface area contributed by atoms with Gasteiger partial charge in [-0.1, -0.05) is 20.3 Å². The van der Waals surface area contributed by atoms with Gasteiger partial charge in [0.15, 0.2) is 0 Å². The molecule has 21 heavy (non-hydrogen) atoms. The molecule has 0 radical (unpaired) electrons. The van der Waals surface area contributed by atoms with Crippen LogP contribution in [-0.4, -0.2) is 42.9 Å². The summed E-state index contributed by atoms with van der Waals surface area (Å²) in [5.41, 5.74) is -0.200. The average Bonchev–Trinajstić information content (AvgIpc) is 3.13. The Labute approximate surface area is 125 Å². The van der Waals surface area contributed by atoms with Crippen LogP contribution >= 0.6 is 0 Å². The smallest absolute Gasteiger partial charge is 0.326 e. The maximum absolute atomic E-state index is 12.3. The normalized spacial score (nSPS) is 28.6. The van der Waals surface area contributed by atoms with Crippen LogP contribution < -0.4 is 5.32 Å². The van der Waals surface area contributed by atoms with Gasteiger partial charge >= 0.3 is 5.97 Å². The van der Waals surface area contributed by atoms with Crippen molar-refractivity contribution in [2.75, 3.05) is 11.5 Å². The monoisotopic (exact) mass is 317 g/mol. The first-order valence-electron chi connectivity index (χ1n) is 7.44. The summed E-state index contributed by atoms with van der Waals surface area (Å²) in [5.74, 6) is -1.32. The van der Waals surface area contributed by atoms with Gasteiger partial charge in [-0.25, -0.2) is 13.2 Å². The van der Waals surface area contributed by atoms with Gasteiger partial charge in [0.25, 0.3) is 0 Å². The molecule has 0 aromatic heterocycles. The Morgan fingerprint density at radius 2 is 1.90 bits per heavy atom. The molecule has 120 valence electrons. The Bertz CT molecular complexity index is 528. The number of sulfone groups is 1. The molecular weight excluding hydrogens is 294 g/mol. The molecule has 0 aromatic carbocycles. The van der Waals surface area contributed by atoms with Crippen LogP contribution in [0.4, 0.5) is 0 Å². The maximum Gasteiger partial charge on any atom is 0.326 e. The van der Waals surface area contributed by atoms with Crippen LogP contribution in [0.1, 0.15) is 39.5 Å². The highest BCUT2D eigenvalue weighted by Crippen LogP contribution is 2.59. The van der Waals surface area contributed by atoms with Crippen LogP contribution in [0.15, 0.2) is 0 Å². The molecule has 1 aliphatic carbocycles. The molecule has 2 rings (SSSR count). The predicted octanol–water partition coefficient (Wildman–Crippen LogP) is 0.817. The number of carboxylic acid groups (broad SMARTS) is 1. The number of hydrogen-bond acceptors (Lipinski definition) is 4. The fourth-order valence-corrected chi connectivity index (χ4v) is 4.79. The number of amides is 1. The van der Waals surface area contributed by atoms with Crippen molar-refractivity contribution in [3.05, 3.63) is 0 Å². The molecule has 0 aromatic rings. The fraction of sp³-hybridized carbons (Fsp3) is 0.857. The standard InChI is InChI=1S/C14H23NO5S/c1-3-9(2)11(13(17)18)15-12(16)10-8-14(10)4-6-21(19,20)7-5-14/h9-11H,3-8H2,1-2H3,(H,15,16)(H,17,18). The van der Waals surface area contributed by atoms with E-state index in [-0.39, 0.29) is 34.7 Å². The lowest BCUT2D eigenvalue weighted by Crippen LogP contribution is -2.46. The molecule has 2 aliphatic rings. The van der Waals surface area contributed by atoms with Crippen molar-refractivity contribution in [1.82, 2.24) is 5.32 Å². The van der Waals surface area contributed by atoms with Gasteiger partial charge in [0.05, 0.1) is 11.5 Å². The molecule has 1 heterocycles. The molecule has 1 saturated heterocycles. The van der Waals surface area contributed by atoms with E-state index < -0.39 is 21.8 Å². The number of carboxylic acids is 1. The zero-order chi connectivity index (χ0) is 15.8. The quantitative estimate of drug-likeness (QED) is 0.782. The summed E-state index contributed by atoms with van der Waals surface area (Å²) in [5, 5.41) is 11.8. The highest BCUT2D eigenvalue weighted by atomic mass is 32.2. The number of carbonyl (C=O) groups excluding carboxylic acids is 1. The number of rotatable bonds is 5. The summed E-state index contributed by atoms with van der Waals surface area (Å²) >= 11 is 0. The van der Waals surface area contributed by atoms with Crippen molar-refractivity contribution in [2.24, 2.45) is 17.3 Å². The van der Waals surface area contributed by atoms with Gasteiger partial charge in [-0.2, -0.15) is 0 Å². The molecule has 7 heteroatoms. The van der Waals surface area contributed by atoms with E-state index in [1.165, 1.54) is 0 Å². The minimum atomic E-state index is -2.94. The highest BCUT2D eigenvalue weighted by Gasteiger charge is 2.59. The van der Waals surface area contributed by atoms with Gasteiger partial charge in [-0.15, -0.1) is 0 Å². The summed E-state index contributed by atoms with van der Waals surface area (Å²) in [6.07, 6.45) is 2.40. The molecule has 3 atom stereocenters. The van der Waals surface area contributed by atoms with Crippen LogP contribution in [0, 0.1) is 17.3 Å². The first kappa shape index (κ1) is 16.3. The second-order valence-corrected chi connectivity index (χ2v) is 8.78. The molecule has 6 nitrogen and oxygen atoms in total. The molecule has 1 amide bonds. The molecule has 2 N–H and O–H groups in total.